The van der Waals surface area contributed by atoms with E-state index >= 15 is 0 Å². The van der Waals surface area contributed by atoms with E-state index in [1.54, 1.807) is 7.11 Å². The summed E-state index contributed by atoms with van der Waals surface area (Å²) in [6.07, 6.45) is 3.82. The van der Waals surface area contributed by atoms with Crippen LogP contribution < -0.4 is 5.32 Å². The Morgan fingerprint density at radius 3 is 3.00 bits per heavy atom. The number of nitrogens with zero attached hydrogens (tertiary/aromatic N) is 2. The minimum Gasteiger partial charge on any atom is -0.382 e. The molecule has 1 heterocycles. The third-order valence-corrected chi connectivity index (χ3v) is 2.28. The average molecular weight is 227 g/mol. The first-order chi connectivity index (χ1) is 7.88. The van der Waals surface area contributed by atoms with Gasteiger partial charge < -0.3 is 19.4 Å². The summed E-state index contributed by atoms with van der Waals surface area (Å²) in [6.45, 7) is 6.70. The molecule has 1 aromatic heterocycles. The molecule has 0 atom stereocenters. The van der Waals surface area contributed by atoms with Crippen molar-refractivity contribution >= 4 is 0 Å². The summed E-state index contributed by atoms with van der Waals surface area (Å²) < 4.78 is 12.3. The van der Waals surface area contributed by atoms with Crippen LogP contribution in [0.15, 0.2) is 12.4 Å². The van der Waals surface area contributed by atoms with Gasteiger partial charge in [-0.15, -0.1) is 0 Å². The van der Waals surface area contributed by atoms with Gasteiger partial charge in [-0.05, 0) is 6.92 Å². The van der Waals surface area contributed by atoms with E-state index in [4.69, 9.17) is 9.47 Å². The highest BCUT2D eigenvalue weighted by atomic mass is 16.5. The number of aromatic nitrogens is 2. The van der Waals surface area contributed by atoms with Gasteiger partial charge in [0.2, 0.25) is 0 Å². The van der Waals surface area contributed by atoms with E-state index in [2.05, 4.69) is 21.8 Å². The van der Waals surface area contributed by atoms with Crippen molar-refractivity contribution in [2.75, 3.05) is 33.5 Å². The number of nitrogens with one attached hydrogen (secondary N) is 1. The fourth-order valence-electron chi connectivity index (χ4n) is 1.38. The number of rotatable bonds is 9. The highest BCUT2D eigenvalue weighted by Crippen LogP contribution is 1.95. The maximum absolute atomic E-state index is 5.34. The molecule has 1 N–H and O–H groups in total. The quantitative estimate of drug-likeness (QED) is 0.629. The van der Waals surface area contributed by atoms with Crippen LogP contribution in [0.5, 0.6) is 0 Å². The fourth-order valence-corrected chi connectivity index (χ4v) is 1.38. The van der Waals surface area contributed by atoms with Crippen molar-refractivity contribution in [3.8, 4) is 0 Å². The largest absolute Gasteiger partial charge is 0.382 e. The van der Waals surface area contributed by atoms with Crippen LogP contribution >= 0.6 is 0 Å². The smallest absolute Gasteiger partial charge is 0.122 e. The second-order valence-electron chi connectivity index (χ2n) is 3.41. The molecule has 0 saturated heterocycles. The van der Waals surface area contributed by atoms with Crippen molar-refractivity contribution in [1.29, 1.82) is 0 Å². The van der Waals surface area contributed by atoms with Crippen molar-refractivity contribution in [3.05, 3.63) is 18.2 Å². The van der Waals surface area contributed by atoms with Crippen LogP contribution in [0.1, 0.15) is 12.7 Å². The Labute approximate surface area is 96.8 Å². The third kappa shape index (κ3) is 4.74. The number of methoxy groups -OCH3 is 1. The SMILES string of the molecule is CCn1ccnc1CNCCOCCOC. The summed E-state index contributed by atoms with van der Waals surface area (Å²) in [7, 11) is 1.67. The Bertz CT molecular complexity index is 276. The van der Waals surface area contributed by atoms with Crippen LogP contribution in [0, 0.1) is 0 Å². The molecule has 16 heavy (non-hydrogen) atoms. The molecular formula is C11H21N3O2. The Morgan fingerprint density at radius 1 is 1.38 bits per heavy atom. The van der Waals surface area contributed by atoms with Gasteiger partial charge in [0, 0.05) is 32.6 Å². The predicted molar refractivity (Wildman–Crippen MR) is 62.3 cm³/mol. The van der Waals surface area contributed by atoms with Gasteiger partial charge in [-0.2, -0.15) is 0 Å². The molecule has 0 bridgehead atoms. The van der Waals surface area contributed by atoms with Crippen LogP contribution in [0.4, 0.5) is 0 Å². The lowest BCUT2D eigenvalue weighted by atomic mass is 10.5. The fraction of sp³-hybridized carbons (Fsp3) is 0.727. The molecule has 0 aliphatic heterocycles. The van der Waals surface area contributed by atoms with Gasteiger partial charge in [-0.3, -0.25) is 0 Å². The van der Waals surface area contributed by atoms with Gasteiger partial charge in [0.1, 0.15) is 5.82 Å². The molecule has 1 rings (SSSR count). The van der Waals surface area contributed by atoms with Gasteiger partial charge in [0.05, 0.1) is 26.4 Å². The van der Waals surface area contributed by atoms with E-state index in [0.717, 1.165) is 25.5 Å². The van der Waals surface area contributed by atoms with Crippen LogP contribution in [0.2, 0.25) is 0 Å². The lowest BCUT2D eigenvalue weighted by Gasteiger charge is -2.07. The molecule has 0 aromatic carbocycles. The molecule has 0 unspecified atom stereocenters. The molecule has 0 amide bonds. The zero-order valence-electron chi connectivity index (χ0n) is 10.1. The van der Waals surface area contributed by atoms with Gasteiger partial charge in [0.25, 0.3) is 0 Å². The third-order valence-electron chi connectivity index (χ3n) is 2.28. The summed E-state index contributed by atoms with van der Waals surface area (Å²) in [5, 5.41) is 3.29. The maximum atomic E-state index is 5.34. The molecule has 92 valence electrons. The highest BCUT2D eigenvalue weighted by Gasteiger charge is 1.99. The second kappa shape index (κ2) is 8.27. The lowest BCUT2D eigenvalue weighted by Crippen LogP contribution is -2.22. The van der Waals surface area contributed by atoms with E-state index in [1.807, 2.05) is 12.4 Å². The molecule has 5 heteroatoms. The number of imidazole rings is 1. The van der Waals surface area contributed by atoms with Gasteiger partial charge in [-0.25, -0.2) is 4.98 Å². The Hall–Kier alpha value is -0.910. The van der Waals surface area contributed by atoms with Crippen LogP contribution in [-0.2, 0) is 22.6 Å². The molecule has 0 spiro atoms. The first-order valence-corrected chi connectivity index (χ1v) is 5.66. The zero-order valence-corrected chi connectivity index (χ0v) is 10.1. The lowest BCUT2D eigenvalue weighted by molar-refractivity contribution is 0.0718. The Balaban J connectivity index is 2.03. The van der Waals surface area contributed by atoms with Gasteiger partial charge in [-0.1, -0.05) is 0 Å². The first-order valence-electron chi connectivity index (χ1n) is 5.66. The van der Waals surface area contributed by atoms with Crippen molar-refractivity contribution in [3.63, 3.8) is 0 Å². The number of aryl methyl sites for hydroxylation is 1. The summed E-state index contributed by atoms with van der Waals surface area (Å²) in [5.74, 6) is 1.07. The molecule has 0 saturated carbocycles. The Kier molecular flexibility index (Phi) is 6.80. The molecule has 0 aliphatic rings. The van der Waals surface area contributed by atoms with Crippen LogP contribution in [-0.4, -0.2) is 43.0 Å². The zero-order chi connectivity index (χ0) is 11.6. The number of hydrogen-bond acceptors (Lipinski definition) is 4. The summed E-state index contributed by atoms with van der Waals surface area (Å²) in [5.41, 5.74) is 0. The molecule has 0 aliphatic carbocycles. The monoisotopic (exact) mass is 227 g/mol. The van der Waals surface area contributed by atoms with E-state index in [1.165, 1.54) is 0 Å². The van der Waals surface area contributed by atoms with Crippen LogP contribution in [0.3, 0.4) is 0 Å². The van der Waals surface area contributed by atoms with Crippen molar-refractivity contribution < 1.29 is 9.47 Å². The standard InChI is InChI=1S/C11H21N3O2/c1-3-14-6-4-13-11(14)10-12-5-7-16-9-8-15-2/h4,6,12H,3,5,7-10H2,1-2H3. The minimum atomic E-state index is 0.653. The summed E-state index contributed by atoms with van der Waals surface area (Å²) >= 11 is 0. The molecule has 5 nitrogen and oxygen atoms in total. The average Bonchev–Trinajstić information content (AvgIpc) is 2.75. The van der Waals surface area contributed by atoms with Gasteiger partial charge in [0.15, 0.2) is 0 Å². The number of hydrogen-bond donors (Lipinski definition) is 1. The minimum absolute atomic E-state index is 0.653. The molecule has 0 fully saturated rings. The molecule has 0 radical (unpaired) electrons. The van der Waals surface area contributed by atoms with Crippen molar-refractivity contribution in [2.45, 2.75) is 20.0 Å². The topological polar surface area (TPSA) is 48.3 Å². The number of ether oxygens (including phenoxy) is 2. The second-order valence-corrected chi connectivity index (χ2v) is 3.41. The van der Waals surface area contributed by atoms with E-state index in [9.17, 15) is 0 Å². The molecule has 1 aromatic rings. The first kappa shape index (κ1) is 13.2. The molecular weight excluding hydrogens is 206 g/mol. The van der Waals surface area contributed by atoms with E-state index < -0.39 is 0 Å². The van der Waals surface area contributed by atoms with Crippen molar-refractivity contribution in [1.82, 2.24) is 14.9 Å². The van der Waals surface area contributed by atoms with E-state index in [-0.39, 0.29) is 0 Å². The normalized spacial score (nSPS) is 10.9. The Morgan fingerprint density at radius 2 is 2.25 bits per heavy atom. The van der Waals surface area contributed by atoms with Gasteiger partial charge >= 0.3 is 0 Å². The van der Waals surface area contributed by atoms with Crippen LogP contribution in [0.25, 0.3) is 0 Å². The van der Waals surface area contributed by atoms with Crippen molar-refractivity contribution in [2.24, 2.45) is 0 Å². The summed E-state index contributed by atoms with van der Waals surface area (Å²) in [6, 6.07) is 0. The predicted octanol–water partition coefficient (Wildman–Crippen LogP) is 0.656. The maximum Gasteiger partial charge on any atom is 0.122 e. The van der Waals surface area contributed by atoms with E-state index in [0.29, 0.717) is 19.8 Å². The highest BCUT2D eigenvalue weighted by molar-refractivity contribution is 4.91. The summed E-state index contributed by atoms with van der Waals surface area (Å²) in [4.78, 5) is 4.27.